The number of H-pyrrole nitrogens is 1. The van der Waals surface area contributed by atoms with Crippen molar-refractivity contribution in [2.45, 2.75) is 12.5 Å². The number of aliphatic carboxylic acids is 1. The van der Waals surface area contributed by atoms with Crippen LogP contribution in [0.3, 0.4) is 0 Å². The van der Waals surface area contributed by atoms with Gasteiger partial charge in [-0.1, -0.05) is 0 Å². The van der Waals surface area contributed by atoms with Gasteiger partial charge in [-0.15, -0.1) is 0 Å². The summed E-state index contributed by atoms with van der Waals surface area (Å²) < 4.78 is 0. The Labute approximate surface area is 75.3 Å². The Bertz CT molecular complexity index is 264. The van der Waals surface area contributed by atoms with E-state index in [0.29, 0.717) is 13.3 Å². The average Bonchev–Trinajstić information content (AvgIpc) is 2.56. The third-order valence-corrected chi connectivity index (χ3v) is 1.55. The molecule has 0 saturated heterocycles. The fourth-order valence-corrected chi connectivity index (χ4v) is 0.924. The minimum absolute atomic E-state index is 0.242. The van der Waals surface area contributed by atoms with Gasteiger partial charge in [0.25, 0.3) is 0 Å². The number of hydrogen-bond acceptors (Lipinski definition) is 4. The zero-order chi connectivity index (χ0) is 9.68. The van der Waals surface area contributed by atoms with Gasteiger partial charge in [0.2, 0.25) is 0 Å². The first-order valence-electron chi connectivity index (χ1n) is 3.66. The van der Waals surface area contributed by atoms with Gasteiger partial charge in [-0.2, -0.15) is 0 Å². The van der Waals surface area contributed by atoms with Gasteiger partial charge in [-0.3, -0.25) is 4.79 Å². The van der Waals surface area contributed by atoms with Gasteiger partial charge in [0.05, 0.1) is 6.33 Å². The first-order chi connectivity index (χ1) is 6.24. The summed E-state index contributed by atoms with van der Waals surface area (Å²) >= 11 is 0. The molecule has 69 valence electrons. The Morgan fingerprint density at radius 2 is 2.62 bits per heavy atom. The molecule has 1 atom stereocenters. The molecule has 0 saturated carbocycles. The van der Waals surface area contributed by atoms with Gasteiger partial charge in [0, 0.05) is 18.3 Å². The molecule has 13 heavy (non-hydrogen) atoms. The second-order valence-electron chi connectivity index (χ2n) is 2.47. The highest BCUT2D eigenvalue weighted by molar-refractivity contribution is 6.22. The molecule has 1 heterocycles. The lowest BCUT2D eigenvalue weighted by Gasteiger charge is -2.09. The quantitative estimate of drug-likeness (QED) is 0.416. The lowest BCUT2D eigenvalue weighted by molar-refractivity contribution is -0.139. The minimum Gasteiger partial charge on any atom is -0.480 e. The molecule has 0 bridgehead atoms. The van der Waals surface area contributed by atoms with Gasteiger partial charge in [-0.25, -0.2) is 4.98 Å². The number of aromatic amines is 1. The summed E-state index contributed by atoms with van der Waals surface area (Å²) in [4.78, 5) is 17.1. The maximum atomic E-state index is 10.6. The number of carbonyl (C=O) groups is 1. The van der Waals surface area contributed by atoms with Crippen LogP contribution in [0, 0.1) is 0 Å². The van der Waals surface area contributed by atoms with E-state index in [1.165, 1.54) is 12.5 Å². The lowest BCUT2D eigenvalue weighted by Crippen LogP contribution is -2.40. The van der Waals surface area contributed by atoms with E-state index in [-0.39, 0.29) is 6.42 Å². The van der Waals surface area contributed by atoms with Crippen LogP contribution in [0.15, 0.2) is 12.5 Å². The summed E-state index contributed by atoms with van der Waals surface area (Å²) in [5.74, 6) is -1.03. The normalized spacial score (nSPS) is 12.4. The van der Waals surface area contributed by atoms with E-state index in [4.69, 9.17) is 10.1 Å². The van der Waals surface area contributed by atoms with Gasteiger partial charge in [0.1, 0.15) is 6.04 Å². The molecular formula is C6H9BN3O3. The van der Waals surface area contributed by atoms with E-state index in [1.807, 2.05) is 0 Å². The molecular weight excluding hydrogens is 173 g/mol. The second kappa shape index (κ2) is 4.63. The Balaban J connectivity index is 2.52. The molecule has 0 amide bonds. The topological polar surface area (TPSA) is 98.2 Å². The van der Waals surface area contributed by atoms with E-state index in [2.05, 4.69) is 15.2 Å². The summed E-state index contributed by atoms with van der Waals surface area (Å²) in [6.07, 6.45) is 3.25. The largest absolute Gasteiger partial charge is 0.480 e. The molecule has 0 fully saturated rings. The highest BCUT2D eigenvalue weighted by Crippen LogP contribution is 1.97. The summed E-state index contributed by atoms with van der Waals surface area (Å²) in [7, 11) is 0.620. The van der Waals surface area contributed by atoms with Crippen LogP contribution >= 0.6 is 0 Å². The maximum absolute atomic E-state index is 10.6. The van der Waals surface area contributed by atoms with Crippen LogP contribution in [-0.2, 0) is 11.2 Å². The van der Waals surface area contributed by atoms with Crippen molar-refractivity contribution >= 4 is 13.6 Å². The maximum Gasteiger partial charge on any atom is 0.393 e. The zero-order valence-electron chi connectivity index (χ0n) is 6.77. The number of carboxylic acids is 1. The predicted octanol–water partition coefficient (Wildman–Crippen LogP) is -1.48. The highest BCUT2D eigenvalue weighted by Gasteiger charge is 2.17. The Morgan fingerprint density at radius 3 is 3.08 bits per heavy atom. The molecule has 7 heteroatoms. The van der Waals surface area contributed by atoms with Gasteiger partial charge in [-0.05, 0) is 0 Å². The molecule has 0 spiro atoms. The van der Waals surface area contributed by atoms with Crippen molar-refractivity contribution in [3.63, 3.8) is 0 Å². The highest BCUT2D eigenvalue weighted by atomic mass is 16.4. The van der Waals surface area contributed by atoms with Crippen molar-refractivity contribution in [3.8, 4) is 0 Å². The minimum atomic E-state index is -1.03. The molecule has 0 aromatic carbocycles. The second-order valence-corrected chi connectivity index (χ2v) is 2.47. The lowest BCUT2D eigenvalue weighted by atomic mass is 10.1. The SMILES string of the molecule is O=C(O)[C@H](Cc1cnc[nH]1)N[B]O. The number of aromatic nitrogens is 2. The standard InChI is InChI=1S/C6H9BN3O3/c11-6(12)5(10-7-13)1-4-2-8-3-9-4/h2-3,5,10,13H,1H2,(H,8,9)(H,11,12)/t5-/m0/s1. The van der Waals surface area contributed by atoms with E-state index in [0.717, 1.165) is 0 Å². The fourth-order valence-electron chi connectivity index (χ4n) is 0.924. The Morgan fingerprint density at radius 1 is 1.85 bits per heavy atom. The van der Waals surface area contributed by atoms with Crippen LogP contribution in [0.25, 0.3) is 0 Å². The van der Waals surface area contributed by atoms with Crippen molar-refractivity contribution in [1.82, 2.24) is 15.2 Å². The Kier molecular flexibility index (Phi) is 3.47. The molecule has 1 aromatic rings. The Hall–Kier alpha value is -1.34. The number of imidazole rings is 1. The van der Waals surface area contributed by atoms with Crippen molar-refractivity contribution < 1.29 is 14.9 Å². The number of carboxylic acid groups (broad SMARTS) is 1. The monoisotopic (exact) mass is 182 g/mol. The summed E-state index contributed by atoms with van der Waals surface area (Å²) in [6.45, 7) is 0. The smallest absolute Gasteiger partial charge is 0.393 e. The molecule has 4 N–H and O–H groups in total. The first-order valence-corrected chi connectivity index (χ1v) is 3.66. The van der Waals surface area contributed by atoms with Crippen LogP contribution in [0.2, 0.25) is 0 Å². The number of nitrogens with zero attached hydrogens (tertiary/aromatic N) is 1. The van der Waals surface area contributed by atoms with Gasteiger partial charge in [0.15, 0.2) is 0 Å². The van der Waals surface area contributed by atoms with Crippen LogP contribution in [0.1, 0.15) is 5.69 Å². The van der Waals surface area contributed by atoms with Crippen molar-refractivity contribution in [2.24, 2.45) is 0 Å². The van der Waals surface area contributed by atoms with Crippen molar-refractivity contribution in [3.05, 3.63) is 18.2 Å². The van der Waals surface area contributed by atoms with E-state index >= 15 is 0 Å². The average molecular weight is 182 g/mol. The van der Waals surface area contributed by atoms with Gasteiger partial charge >= 0.3 is 13.6 Å². The van der Waals surface area contributed by atoms with Crippen molar-refractivity contribution in [2.75, 3.05) is 0 Å². The summed E-state index contributed by atoms with van der Waals surface area (Å²) in [5, 5.41) is 19.4. The van der Waals surface area contributed by atoms with Crippen LogP contribution in [0.4, 0.5) is 0 Å². The third-order valence-electron chi connectivity index (χ3n) is 1.55. The molecule has 0 unspecified atom stereocenters. The molecule has 1 aromatic heterocycles. The van der Waals surface area contributed by atoms with E-state index in [1.54, 1.807) is 0 Å². The fraction of sp³-hybridized carbons (Fsp3) is 0.333. The van der Waals surface area contributed by atoms with Gasteiger partial charge < -0.3 is 20.3 Å². The predicted molar refractivity (Wildman–Crippen MR) is 44.8 cm³/mol. The first kappa shape index (κ1) is 9.75. The van der Waals surface area contributed by atoms with Crippen LogP contribution in [-0.4, -0.2) is 39.7 Å². The number of rotatable bonds is 5. The molecule has 0 aliphatic rings. The molecule has 0 aliphatic carbocycles. The number of hydrogen-bond donors (Lipinski definition) is 4. The van der Waals surface area contributed by atoms with Crippen LogP contribution < -0.4 is 5.23 Å². The van der Waals surface area contributed by atoms with E-state index in [9.17, 15) is 4.79 Å². The summed E-state index contributed by atoms with van der Waals surface area (Å²) in [6, 6.07) is -0.842. The summed E-state index contributed by atoms with van der Waals surface area (Å²) in [5.41, 5.74) is 0.696. The van der Waals surface area contributed by atoms with E-state index < -0.39 is 12.0 Å². The molecule has 6 nitrogen and oxygen atoms in total. The molecule has 1 radical (unpaired) electrons. The van der Waals surface area contributed by atoms with Crippen molar-refractivity contribution in [1.29, 1.82) is 0 Å². The zero-order valence-corrected chi connectivity index (χ0v) is 6.77. The number of nitrogens with one attached hydrogen (secondary N) is 2. The molecule has 0 aliphatic heterocycles. The molecule has 1 rings (SSSR count). The van der Waals surface area contributed by atoms with Crippen LogP contribution in [0.5, 0.6) is 0 Å². The third kappa shape index (κ3) is 2.88.